The monoisotopic (exact) mass is 368 g/mol. The van der Waals surface area contributed by atoms with Gasteiger partial charge >= 0.3 is 0 Å². The van der Waals surface area contributed by atoms with Gasteiger partial charge in [0.25, 0.3) is 0 Å². The highest BCUT2D eigenvalue weighted by Gasteiger charge is 2.16. The van der Waals surface area contributed by atoms with Crippen LogP contribution in [0.1, 0.15) is 6.42 Å². The quantitative estimate of drug-likeness (QED) is 0.590. The molecule has 0 saturated carbocycles. The number of nitrogens with one attached hydrogen (secondary N) is 1. The smallest absolute Gasteiger partial charge is 0.203 e. The second-order valence-electron chi connectivity index (χ2n) is 5.91. The van der Waals surface area contributed by atoms with E-state index >= 15 is 0 Å². The van der Waals surface area contributed by atoms with Gasteiger partial charge < -0.3 is 25.3 Å². The van der Waals surface area contributed by atoms with E-state index < -0.39 is 0 Å². The molecule has 7 heteroatoms. The summed E-state index contributed by atoms with van der Waals surface area (Å²) in [6, 6.07) is 9.60. The normalized spacial score (nSPS) is 10.7. The lowest BCUT2D eigenvalue weighted by Crippen LogP contribution is -2.10. The van der Waals surface area contributed by atoms with Crippen LogP contribution in [0.3, 0.4) is 0 Å². The molecule has 0 aliphatic rings. The van der Waals surface area contributed by atoms with E-state index in [9.17, 15) is 0 Å². The fourth-order valence-corrected chi connectivity index (χ4v) is 2.90. The highest BCUT2D eigenvalue weighted by Crippen LogP contribution is 2.41. The number of hydrogen-bond donors (Lipinski definition) is 2. The molecule has 2 aromatic heterocycles. The lowest BCUT2D eigenvalue weighted by molar-refractivity contribution is 0.324. The Kier molecular flexibility index (Phi) is 5.93. The molecule has 0 radical (unpaired) electrons. The first-order valence-corrected chi connectivity index (χ1v) is 8.72. The summed E-state index contributed by atoms with van der Waals surface area (Å²) >= 11 is 0. The lowest BCUT2D eigenvalue weighted by atomic mass is 10.1. The minimum atomic E-state index is 0.545. The van der Waals surface area contributed by atoms with Crippen LogP contribution in [0.2, 0.25) is 0 Å². The van der Waals surface area contributed by atoms with Crippen LogP contribution in [0.5, 0.6) is 17.2 Å². The Hall–Kier alpha value is -3.06. The number of fused-ring (bicyclic) bond motifs is 1. The van der Waals surface area contributed by atoms with Crippen LogP contribution in [0.25, 0.3) is 22.2 Å². The zero-order valence-corrected chi connectivity index (χ0v) is 15.8. The van der Waals surface area contributed by atoms with Crippen LogP contribution in [0, 0.1) is 0 Å². The Bertz CT molecular complexity index is 905. The predicted octanol–water partition coefficient (Wildman–Crippen LogP) is 3.08. The van der Waals surface area contributed by atoms with Gasteiger partial charge in [0, 0.05) is 23.7 Å². The molecule has 3 rings (SSSR count). The van der Waals surface area contributed by atoms with Gasteiger partial charge in [-0.3, -0.25) is 4.98 Å². The summed E-state index contributed by atoms with van der Waals surface area (Å²) in [5, 5.41) is 4.32. The van der Waals surface area contributed by atoms with Crippen LogP contribution in [0.15, 0.2) is 36.5 Å². The number of rotatable bonds is 8. The van der Waals surface area contributed by atoms with E-state index in [1.807, 2.05) is 30.3 Å². The van der Waals surface area contributed by atoms with Crippen LogP contribution < -0.4 is 25.3 Å². The zero-order valence-electron chi connectivity index (χ0n) is 15.8. The van der Waals surface area contributed by atoms with Crippen LogP contribution in [-0.2, 0) is 0 Å². The maximum absolute atomic E-state index is 5.61. The molecule has 0 unspecified atom stereocenters. The van der Waals surface area contributed by atoms with Crippen LogP contribution in [0.4, 0.5) is 5.82 Å². The summed E-state index contributed by atoms with van der Waals surface area (Å²) in [4.78, 5) is 9.29. The third-order valence-electron chi connectivity index (χ3n) is 4.23. The van der Waals surface area contributed by atoms with Gasteiger partial charge in [0.05, 0.1) is 32.5 Å². The summed E-state index contributed by atoms with van der Waals surface area (Å²) in [6.07, 6.45) is 2.63. The van der Waals surface area contributed by atoms with Crippen molar-refractivity contribution in [1.82, 2.24) is 9.97 Å². The molecular weight excluding hydrogens is 344 g/mol. The van der Waals surface area contributed by atoms with E-state index in [0.29, 0.717) is 23.8 Å². The molecule has 0 spiro atoms. The van der Waals surface area contributed by atoms with Crippen molar-refractivity contribution in [2.24, 2.45) is 5.73 Å². The minimum absolute atomic E-state index is 0.545. The van der Waals surface area contributed by atoms with E-state index in [4.69, 9.17) is 24.9 Å². The second-order valence-corrected chi connectivity index (χ2v) is 5.91. The SMILES string of the molecule is COc1cc(-c2cc3ncccc3c(NCCCN)n2)cc(OC)c1OC. The molecule has 142 valence electrons. The van der Waals surface area contributed by atoms with Gasteiger partial charge in [0.1, 0.15) is 5.82 Å². The minimum Gasteiger partial charge on any atom is -0.493 e. The van der Waals surface area contributed by atoms with Gasteiger partial charge in [0.2, 0.25) is 5.75 Å². The standard InChI is InChI=1S/C20H24N4O3/c1-25-17-10-13(11-18(26-2)19(17)27-3)15-12-16-14(6-4-8-22-16)20(24-15)23-9-5-7-21/h4,6,8,10-12H,5,7,9,21H2,1-3H3,(H,23,24). The van der Waals surface area contributed by atoms with Crippen molar-refractivity contribution in [3.8, 4) is 28.5 Å². The number of nitrogens with two attached hydrogens (primary N) is 1. The number of pyridine rings is 2. The molecule has 7 nitrogen and oxygen atoms in total. The Labute approximate surface area is 158 Å². The average Bonchev–Trinajstić information content (AvgIpc) is 2.72. The molecule has 27 heavy (non-hydrogen) atoms. The third-order valence-corrected chi connectivity index (χ3v) is 4.23. The van der Waals surface area contributed by atoms with Gasteiger partial charge in [-0.15, -0.1) is 0 Å². The number of benzene rings is 1. The van der Waals surface area contributed by atoms with Crippen molar-refractivity contribution < 1.29 is 14.2 Å². The van der Waals surface area contributed by atoms with Crippen molar-refractivity contribution >= 4 is 16.7 Å². The van der Waals surface area contributed by atoms with Gasteiger partial charge in [-0.1, -0.05) is 0 Å². The Morgan fingerprint density at radius 2 is 1.78 bits per heavy atom. The van der Waals surface area contributed by atoms with Crippen molar-refractivity contribution in [2.75, 3.05) is 39.7 Å². The van der Waals surface area contributed by atoms with Crippen molar-refractivity contribution in [3.63, 3.8) is 0 Å². The lowest BCUT2D eigenvalue weighted by Gasteiger charge is -2.15. The fourth-order valence-electron chi connectivity index (χ4n) is 2.90. The van der Waals surface area contributed by atoms with Gasteiger partial charge in [-0.25, -0.2) is 4.98 Å². The number of aromatic nitrogens is 2. The summed E-state index contributed by atoms with van der Waals surface area (Å²) in [7, 11) is 4.77. The third kappa shape index (κ3) is 3.88. The van der Waals surface area contributed by atoms with Crippen molar-refractivity contribution in [3.05, 3.63) is 36.5 Å². The largest absolute Gasteiger partial charge is 0.493 e. The van der Waals surface area contributed by atoms with E-state index in [-0.39, 0.29) is 0 Å². The molecule has 0 saturated heterocycles. The zero-order chi connectivity index (χ0) is 19.2. The number of methoxy groups -OCH3 is 3. The first-order valence-electron chi connectivity index (χ1n) is 8.72. The molecule has 0 atom stereocenters. The summed E-state index contributed by atoms with van der Waals surface area (Å²) in [5.74, 6) is 2.47. The molecule has 1 aromatic carbocycles. The topological polar surface area (TPSA) is 91.5 Å². The number of ether oxygens (including phenoxy) is 3. The average molecular weight is 368 g/mol. The first-order chi connectivity index (χ1) is 13.2. The molecule has 3 N–H and O–H groups in total. The molecule has 0 bridgehead atoms. The fraction of sp³-hybridized carbons (Fsp3) is 0.300. The van der Waals surface area contributed by atoms with Crippen molar-refractivity contribution in [2.45, 2.75) is 6.42 Å². The predicted molar refractivity (Wildman–Crippen MR) is 107 cm³/mol. The van der Waals surface area contributed by atoms with Gasteiger partial charge in [-0.05, 0) is 43.3 Å². The Morgan fingerprint density at radius 3 is 2.41 bits per heavy atom. The maximum Gasteiger partial charge on any atom is 0.203 e. The number of hydrogen-bond acceptors (Lipinski definition) is 7. The molecule has 0 amide bonds. The van der Waals surface area contributed by atoms with Gasteiger partial charge in [0.15, 0.2) is 11.5 Å². The van der Waals surface area contributed by atoms with E-state index in [0.717, 1.165) is 40.9 Å². The highest BCUT2D eigenvalue weighted by atomic mass is 16.5. The Balaban J connectivity index is 2.13. The Morgan fingerprint density at radius 1 is 1.04 bits per heavy atom. The summed E-state index contributed by atoms with van der Waals surface area (Å²) in [6.45, 7) is 1.36. The number of anilines is 1. The van der Waals surface area contributed by atoms with E-state index in [1.54, 1.807) is 27.5 Å². The molecule has 0 fully saturated rings. The molecule has 3 aromatic rings. The van der Waals surface area contributed by atoms with Crippen LogP contribution in [-0.4, -0.2) is 44.4 Å². The number of nitrogens with zero attached hydrogens (tertiary/aromatic N) is 2. The summed E-state index contributed by atoms with van der Waals surface area (Å²) in [5.41, 5.74) is 8.06. The maximum atomic E-state index is 5.61. The molecule has 0 aliphatic carbocycles. The van der Waals surface area contributed by atoms with Crippen LogP contribution >= 0.6 is 0 Å². The summed E-state index contributed by atoms with van der Waals surface area (Å²) < 4.78 is 16.3. The van der Waals surface area contributed by atoms with Crippen molar-refractivity contribution in [1.29, 1.82) is 0 Å². The second kappa shape index (κ2) is 8.55. The first kappa shape index (κ1) is 18.7. The highest BCUT2D eigenvalue weighted by molar-refractivity contribution is 5.92. The molecule has 0 aliphatic heterocycles. The van der Waals surface area contributed by atoms with Gasteiger partial charge in [-0.2, -0.15) is 0 Å². The molecular formula is C20H24N4O3. The van der Waals surface area contributed by atoms with E-state index in [2.05, 4.69) is 10.3 Å². The molecule has 2 heterocycles. The van der Waals surface area contributed by atoms with E-state index in [1.165, 1.54) is 0 Å².